The van der Waals surface area contributed by atoms with Gasteiger partial charge in [-0.25, -0.2) is 4.79 Å². The van der Waals surface area contributed by atoms with E-state index in [0.29, 0.717) is 19.3 Å². The Kier molecular flexibility index (Phi) is 41.8. The van der Waals surface area contributed by atoms with E-state index in [2.05, 4.69) is 13.8 Å². The molecule has 0 aromatic rings. The molecule has 0 aromatic heterocycles. The van der Waals surface area contributed by atoms with Crippen LogP contribution in [-0.4, -0.2) is 80.6 Å². The third kappa shape index (κ3) is 41.5. The molecule has 0 rings (SSSR count). The lowest BCUT2D eigenvalue weighted by Gasteiger charge is -2.31. The van der Waals surface area contributed by atoms with Crippen LogP contribution in [0.1, 0.15) is 258 Å². The van der Waals surface area contributed by atoms with E-state index in [4.69, 9.17) is 14.2 Å². The second kappa shape index (κ2) is 43.0. The average Bonchev–Trinajstić information content (AvgIpc) is 3.19. The number of aliphatic carboxylic acids is 1. The summed E-state index contributed by atoms with van der Waals surface area (Å²) in [6, 6.07) is -0.608. The molecule has 0 amide bonds. The fourth-order valence-corrected chi connectivity index (χ4v) is 8.04. The summed E-state index contributed by atoms with van der Waals surface area (Å²) in [4.78, 5) is 37.1. The fourth-order valence-electron chi connectivity index (χ4n) is 8.04. The minimum Gasteiger partial charge on any atom is -0.477 e. The van der Waals surface area contributed by atoms with E-state index in [1.54, 1.807) is 0 Å². The number of unbranched alkanes of at least 4 members (excludes halogenated alkanes) is 33. The molecule has 0 radical (unpaired) electrons. The van der Waals surface area contributed by atoms with Gasteiger partial charge >= 0.3 is 17.9 Å². The van der Waals surface area contributed by atoms with E-state index in [1.165, 1.54) is 186 Å². The molecule has 0 aromatic carbocycles. The van der Waals surface area contributed by atoms with Crippen LogP contribution in [-0.2, 0) is 28.6 Å². The first kappa shape index (κ1) is 57.3. The summed E-state index contributed by atoms with van der Waals surface area (Å²) in [6.45, 7) is 4.79. The van der Waals surface area contributed by atoms with Crippen molar-refractivity contribution >= 4 is 17.9 Å². The number of rotatable bonds is 47. The van der Waals surface area contributed by atoms with Gasteiger partial charge in [0, 0.05) is 19.3 Å². The maximum Gasteiger partial charge on any atom is 0.362 e. The Balaban J connectivity index is 4.17. The van der Waals surface area contributed by atoms with Gasteiger partial charge in [0.05, 0.1) is 34.4 Å². The molecule has 2 unspecified atom stereocenters. The van der Waals surface area contributed by atoms with Crippen LogP contribution >= 0.6 is 0 Å². The minimum absolute atomic E-state index is 0.0415. The molecular formula is C51H100NO7+. The van der Waals surface area contributed by atoms with E-state index in [0.717, 1.165) is 38.5 Å². The third-order valence-electron chi connectivity index (χ3n) is 12.0. The largest absolute Gasteiger partial charge is 0.477 e. The molecule has 8 nitrogen and oxygen atoms in total. The van der Waals surface area contributed by atoms with Gasteiger partial charge in [-0.3, -0.25) is 9.59 Å². The van der Waals surface area contributed by atoms with Crippen molar-refractivity contribution in [2.75, 3.05) is 41.0 Å². The maximum atomic E-state index is 12.8. The number of carboxylic acids is 1. The number of likely N-dealkylation sites (N-methyl/N-ethyl adjacent to an activating group) is 1. The van der Waals surface area contributed by atoms with E-state index in [-0.39, 0.29) is 36.2 Å². The Morgan fingerprint density at radius 1 is 0.441 bits per heavy atom. The molecule has 0 aliphatic carbocycles. The second-order valence-corrected chi connectivity index (χ2v) is 18.8. The van der Waals surface area contributed by atoms with Crippen molar-refractivity contribution in [3.8, 4) is 0 Å². The molecule has 0 saturated heterocycles. The van der Waals surface area contributed by atoms with Crippen LogP contribution in [0.3, 0.4) is 0 Å². The molecule has 2 atom stereocenters. The van der Waals surface area contributed by atoms with Gasteiger partial charge in [0.15, 0.2) is 12.1 Å². The first-order valence-electron chi connectivity index (χ1n) is 25.6. The Morgan fingerprint density at radius 2 is 0.746 bits per heavy atom. The number of nitrogens with zero attached hydrogens (tertiary/aromatic N) is 1. The molecule has 0 aliphatic rings. The first-order valence-corrected chi connectivity index (χ1v) is 25.6. The summed E-state index contributed by atoms with van der Waals surface area (Å²) in [7, 11) is 5.55. The predicted molar refractivity (Wildman–Crippen MR) is 248 cm³/mol. The highest BCUT2D eigenvalue weighted by molar-refractivity contribution is 5.72. The highest BCUT2D eigenvalue weighted by Gasteiger charge is 2.31. The highest BCUT2D eigenvalue weighted by Crippen LogP contribution is 2.17. The van der Waals surface area contributed by atoms with Gasteiger partial charge < -0.3 is 23.8 Å². The topological polar surface area (TPSA) is 99.1 Å². The van der Waals surface area contributed by atoms with Gasteiger partial charge in [0.25, 0.3) is 0 Å². The summed E-state index contributed by atoms with van der Waals surface area (Å²) in [5.74, 6) is -1.44. The lowest BCUT2D eigenvalue weighted by molar-refractivity contribution is -0.887. The molecule has 0 fully saturated rings. The van der Waals surface area contributed by atoms with Crippen molar-refractivity contribution in [2.45, 2.75) is 270 Å². The number of quaternary nitrogens is 1. The Labute approximate surface area is 366 Å². The van der Waals surface area contributed by atoms with Crippen LogP contribution in [0.25, 0.3) is 0 Å². The molecule has 350 valence electrons. The summed E-state index contributed by atoms with van der Waals surface area (Å²) in [5.41, 5.74) is 0. The third-order valence-corrected chi connectivity index (χ3v) is 12.0. The van der Waals surface area contributed by atoms with Gasteiger partial charge in [-0.2, -0.15) is 0 Å². The summed E-state index contributed by atoms with van der Waals surface area (Å²) < 4.78 is 17.4. The zero-order valence-corrected chi connectivity index (χ0v) is 40.0. The van der Waals surface area contributed by atoms with E-state index >= 15 is 0 Å². The molecule has 0 heterocycles. The van der Waals surface area contributed by atoms with Crippen molar-refractivity contribution in [3.63, 3.8) is 0 Å². The lowest BCUT2D eigenvalue weighted by Crippen LogP contribution is -2.50. The monoisotopic (exact) mass is 839 g/mol. The van der Waals surface area contributed by atoms with Gasteiger partial charge in [0.1, 0.15) is 6.61 Å². The Bertz CT molecular complexity index is 936. The van der Waals surface area contributed by atoms with E-state index in [9.17, 15) is 19.5 Å². The van der Waals surface area contributed by atoms with Crippen molar-refractivity contribution in [2.24, 2.45) is 0 Å². The van der Waals surface area contributed by atoms with Crippen molar-refractivity contribution in [1.82, 2.24) is 0 Å². The molecule has 8 heteroatoms. The standard InChI is InChI=1S/C51H99NO7/c1-6-8-10-12-14-16-18-20-22-23-24-25-26-27-28-30-32-34-36-38-40-42-50(54)59-47(45-57-44-43-48(51(55)56)52(3,4)5)46-58-49(53)41-39-37-35-33-31-29-21-19-17-15-13-11-9-7-2/h47-48H,6-46H2,1-5H3/p+1. The Hall–Kier alpha value is -1.67. The molecule has 1 N–H and O–H groups in total. The van der Waals surface area contributed by atoms with Gasteiger partial charge in [-0.05, 0) is 12.8 Å². The number of hydrogen-bond acceptors (Lipinski definition) is 6. The van der Waals surface area contributed by atoms with Crippen LogP contribution in [0.15, 0.2) is 0 Å². The average molecular weight is 839 g/mol. The molecule has 0 aliphatic heterocycles. The lowest BCUT2D eigenvalue weighted by atomic mass is 10.0. The zero-order chi connectivity index (χ0) is 43.5. The summed E-state index contributed by atoms with van der Waals surface area (Å²) in [5, 5.41) is 9.64. The number of carbonyl (C=O) groups excluding carboxylic acids is 2. The van der Waals surface area contributed by atoms with Crippen molar-refractivity contribution in [3.05, 3.63) is 0 Å². The molecule has 0 saturated carbocycles. The van der Waals surface area contributed by atoms with E-state index in [1.807, 2.05) is 21.1 Å². The number of carbonyl (C=O) groups is 3. The van der Waals surface area contributed by atoms with Crippen molar-refractivity contribution < 1.29 is 38.2 Å². The SMILES string of the molecule is CCCCCCCCCCCCCCCCCCCCCCCC(=O)OC(COCCC(C(=O)O)[N+](C)(C)C)COC(=O)CCCCCCCCCCCCCCCC. The number of hydrogen-bond donors (Lipinski definition) is 1. The first-order chi connectivity index (χ1) is 28.6. The zero-order valence-electron chi connectivity index (χ0n) is 40.0. The van der Waals surface area contributed by atoms with Gasteiger partial charge in [-0.1, -0.05) is 226 Å². The number of ether oxygens (including phenoxy) is 3. The smallest absolute Gasteiger partial charge is 0.362 e. The summed E-state index contributed by atoms with van der Waals surface area (Å²) >= 11 is 0. The molecule has 59 heavy (non-hydrogen) atoms. The van der Waals surface area contributed by atoms with Crippen LogP contribution in [0.2, 0.25) is 0 Å². The van der Waals surface area contributed by atoms with E-state index < -0.39 is 18.1 Å². The minimum atomic E-state index is -0.869. The van der Waals surface area contributed by atoms with Crippen LogP contribution in [0.4, 0.5) is 0 Å². The summed E-state index contributed by atoms with van der Waals surface area (Å²) in [6.07, 6.45) is 45.8. The number of esters is 2. The quantitative estimate of drug-likeness (QED) is 0.0370. The Morgan fingerprint density at radius 3 is 1.05 bits per heavy atom. The second-order valence-electron chi connectivity index (χ2n) is 18.8. The number of carboxylic acid groups (broad SMARTS) is 1. The maximum absolute atomic E-state index is 12.8. The van der Waals surface area contributed by atoms with Gasteiger partial charge in [0.2, 0.25) is 0 Å². The van der Waals surface area contributed by atoms with Crippen LogP contribution in [0.5, 0.6) is 0 Å². The van der Waals surface area contributed by atoms with Crippen LogP contribution in [0, 0.1) is 0 Å². The molecule has 0 spiro atoms. The normalized spacial score (nSPS) is 12.8. The highest BCUT2D eigenvalue weighted by atomic mass is 16.6. The van der Waals surface area contributed by atoms with Crippen molar-refractivity contribution in [1.29, 1.82) is 0 Å². The predicted octanol–water partition coefficient (Wildman–Crippen LogP) is 14.5. The van der Waals surface area contributed by atoms with Gasteiger partial charge in [-0.15, -0.1) is 0 Å². The fraction of sp³-hybridized carbons (Fsp3) is 0.941. The van der Waals surface area contributed by atoms with Crippen LogP contribution < -0.4 is 0 Å². The molecular weight excluding hydrogens is 739 g/mol. The molecule has 0 bridgehead atoms.